The van der Waals surface area contributed by atoms with Crippen molar-refractivity contribution in [3.8, 4) is 0 Å². The number of carbonyl (C=O) groups excluding carboxylic acids is 2. The van der Waals surface area contributed by atoms with E-state index in [0.29, 0.717) is 12.1 Å². The van der Waals surface area contributed by atoms with Gasteiger partial charge in [0.25, 0.3) is 0 Å². The van der Waals surface area contributed by atoms with E-state index in [1.54, 1.807) is 19.1 Å². The number of halogens is 1. The monoisotopic (exact) mass is 252 g/mol. The molecule has 0 aliphatic carbocycles. The van der Waals surface area contributed by atoms with Crippen LogP contribution in [0.5, 0.6) is 0 Å². The van der Waals surface area contributed by atoms with Crippen LogP contribution >= 0.6 is 0 Å². The molecule has 2 rings (SSSR count). The Morgan fingerprint density at radius 2 is 2.11 bits per heavy atom. The number of carbonyl (C=O) groups is 2. The van der Waals surface area contributed by atoms with Crippen molar-refractivity contribution < 1.29 is 18.7 Å². The third kappa shape index (κ3) is 2.58. The molecule has 1 aliphatic heterocycles. The van der Waals surface area contributed by atoms with Crippen LogP contribution in [0.25, 0.3) is 0 Å². The summed E-state index contributed by atoms with van der Waals surface area (Å²) in [5.41, 5.74) is 3.15. The SMILES string of the molecule is C[C@H](C(=O)NN1CCOC1=O)c1ccc(F)cc1. The first kappa shape index (κ1) is 12.3. The van der Waals surface area contributed by atoms with Crippen molar-refractivity contribution in [1.82, 2.24) is 10.4 Å². The summed E-state index contributed by atoms with van der Waals surface area (Å²) in [7, 11) is 0. The van der Waals surface area contributed by atoms with Crippen molar-refractivity contribution in [2.75, 3.05) is 13.2 Å². The molecule has 0 radical (unpaired) electrons. The molecule has 1 saturated heterocycles. The minimum atomic E-state index is -0.561. The van der Waals surface area contributed by atoms with Gasteiger partial charge in [0.1, 0.15) is 12.4 Å². The molecule has 1 fully saturated rings. The predicted molar refractivity (Wildman–Crippen MR) is 61.0 cm³/mol. The summed E-state index contributed by atoms with van der Waals surface area (Å²) in [5.74, 6) is -1.16. The van der Waals surface area contributed by atoms with Crippen molar-refractivity contribution in [3.63, 3.8) is 0 Å². The molecule has 0 bridgehead atoms. The molecule has 1 N–H and O–H groups in total. The van der Waals surface area contributed by atoms with Gasteiger partial charge in [-0.2, -0.15) is 0 Å². The predicted octanol–water partition coefficient (Wildman–Crippen LogP) is 1.41. The number of ether oxygens (including phenoxy) is 1. The highest BCUT2D eigenvalue weighted by molar-refractivity contribution is 5.85. The van der Waals surface area contributed by atoms with Gasteiger partial charge in [-0.1, -0.05) is 12.1 Å². The van der Waals surface area contributed by atoms with Gasteiger partial charge in [-0.15, -0.1) is 0 Å². The van der Waals surface area contributed by atoms with E-state index >= 15 is 0 Å². The maximum absolute atomic E-state index is 12.8. The summed E-state index contributed by atoms with van der Waals surface area (Å²) in [6, 6.07) is 5.68. The lowest BCUT2D eigenvalue weighted by Crippen LogP contribution is -2.44. The van der Waals surface area contributed by atoms with E-state index < -0.39 is 12.0 Å². The average Bonchev–Trinajstić information content (AvgIpc) is 2.75. The average molecular weight is 252 g/mol. The third-order valence-electron chi connectivity index (χ3n) is 2.77. The molecule has 1 heterocycles. The molecule has 0 spiro atoms. The molecule has 2 amide bonds. The highest BCUT2D eigenvalue weighted by Gasteiger charge is 2.26. The normalized spacial score (nSPS) is 16.3. The van der Waals surface area contributed by atoms with E-state index in [1.165, 1.54) is 12.1 Å². The molecule has 1 aromatic rings. The van der Waals surface area contributed by atoms with E-state index in [9.17, 15) is 14.0 Å². The summed E-state index contributed by atoms with van der Waals surface area (Å²) in [5, 5.41) is 1.13. The molecule has 0 unspecified atom stereocenters. The van der Waals surface area contributed by atoms with Crippen LogP contribution < -0.4 is 5.43 Å². The number of nitrogens with one attached hydrogen (secondary N) is 1. The molecule has 96 valence electrons. The van der Waals surface area contributed by atoms with Gasteiger partial charge in [-0.25, -0.2) is 14.2 Å². The van der Waals surface area contributed by atoms with Gasteiger partial charge >= 0.3 is 6.09 Å². The summed E-state index contributed by atoms with van der Waals surface area (Å²) in [6.07, 6.45) is -0.561. The van der Waals surface area contributed by atoms with E-state index in [4.69, 9.17) is 4.74 Å². The Bertz CT molecular complexity index is 461. The van der Waals surface area contributed by atoms with E-state index in [1.807, 2.05) is 0 Å². The Hall–Kier alpha value is -2.11. The number of amides is 2. The quantitative estimate of drug-likeness (QED) is 0.884. The van der Waals surface area contributed by atoms with Crippen molar-refractivity contribution in [3.05, 3.63) is 35.6 Å². The zero-order valence-corrected chi connectivity index (χ0v) is 9.85. The minimum absolute atomic E-state index is 0.268. The number of hydrazine groups is 1. The standard InChI is InChI=1S/C12H13FN2O3/c1-8(9-2-4-10(13)5-3-9)11(16)14-15-6-7-18-12(15)17/h2-5,8H,6-7H2,1H3,(H,14,16)/t8-/m0/s1. The van der Waals surface area contributed by atoms with E-state index in [2.05, 4.69) is 5.43 Å². The maximum atomic E-state index is 12.8. The van der Waals surface area contributed by atoms with E-state index in [0.717, 1.165) is 5.01 Å². The highest BCUT2D eigenvalue weighted by atomic mass is 19.1. The zero-order valence-electron chi connectivity index (χ0n) is 9.85. The summed E-state index contributed by atoms with van der Waals surface area (Å²) in [6.45, 7) is 2.29. The third-order valence-corrected chi connectivity index (χ3v) is 2.77. The number of cyclic esters (lactones) is 1. The van der Waals surface area contributed by atoms with Gasteiger partial charge < -0.3 is 4.74 Å². The molecule has 1 aromatic carbocycles. The van der Waals surface area contributed by atoms with Gasteiger partial charge in [0, 0.05) is 0 Å². The molecular weight excluding hydrogens is 239 g/mol. The van der Waals surface area contributed by atoms with Crippen molar-refractivity contribution >= 4 is 12.0 Å². The van der Waals surface area contributed by atoms with Crippen molar-refractivity contribution in [2.45, 2.75) is 12.8 Å². The molecule has 1 atom stereocenters. The first-order valence-electron chi connectivity index (χ1n) is 5.58. The molecule has 0 aromatic heterocycles. The van der Waals surface area contributed by atoms with Gasteiger partial charge in [0.2, 0.25) is 5.91 Å². The molecule has 1 aliphatic rings. The zero-order chi connectivity index (χ0) is 13.1. The van der Waals surface area contributed by atoms with Gasteiger partial charge in [0.15, 0.2) is 0 Å². The van der Waals surface area contributed by atoms with Crippen molar-refractivity contribution in [2.24, 2.45) is 0 Å². The maximum Gasteiger partial charge on any atom is 0.428 e. The smallest absolute Gasteiger partial charge is 0.428 e. The Labute approximate surface area is 103 Å². The van der Waals surface area contributed by atoms with E-state index in [-0.39, 0.29) is 18.3 Å². The second kappa shape index (κ2) is 5.03. The van der Waals surface area contributed by atoms with Crippen LogP contribution in [-0.4, -0.2) is 30.2 Å². The van der Waals surface area contributed by atoms with Gasteiger partial charge in [-0.3, -0.25) is 10.2 Å². The molecule has 18 heavy (non-hydrogen) atoms. The Balaban J connectivity index is 2.00. The second-order valence-electron chi connectivity index (χ2n) is 4.02. The van der Waals surface area contributed by atoms with Crippen LogP contribution in [0, 0.1) is 5.82 Å². The lowest BCUT2D eigenvalue weighted by Gasteiger charge is -2.17. The molecule has 6 heteroatoms. The van der Waals surface area contributed by atoms with Crippen LogP contribution in [0.2, 0.25) is 0 Å². The fraction of sp³-hybridized carbons (Fsp3) is 0.333. The number of hydrogen-bond donors (Lipinski definition) is 1. The van der Waals surface area contributed by atoms with Crippen LogP contribution in [-0.2, 0) is 9.53 Å². The molecular formula is C12H13FN2O3. The topological polar surface area (TPSA) is 58.6 Å². The Morgan fingerprint density at radius 1 is 1.44 bits per heavy atom. The molecule has 5 nitrogen and oxygen atoms in total. The minimum Gasteiger partial charge on any atom is -0.446 e. The van der Waals surface area contributed by atoms with Crippen LogP contribution in [0.15, 0.2) is 24.3 Å². The first-order valence-corrected chi connectivity index (χ1v) is 5.58. The van der Waals surface area contributed by atoms with Crippen molar-refractivity contribution in [1.29, 1.82) is 0 Å². The number of nitrogens with zero attached hydrogens (tertiary/aromatic N) is 1. The summed E-state index contributed by atoms with van der Waals surface area (Å²) in [4.78, 5) is 23.0. The first-order chi connectivity index (χ1) is 8.58. The second-order valence-corrected chi connectivity index (χ2v) is 4.02. The number of hydrogen-bond acceptors (Lipinski definition) is 3. The summed E-state index contributed by atoms with van der Waals surface area (Å²) >= 11 is 0. The highest BCUT2D eigenvalue weighted by Crippen LogP contribution is 2.16. The number of rotatable bonds is 3. The van der Waals surface area contributed by atoms with Crippen LogP contribution in [0.4, 0.5) is 9.18 Å². The van der Waals surface area contributed by atoms with Gasteiger partial charge in [0.05, 0.1) is 12.5 Å². The number of benzene rings is 1. The summed E-state index contributed by atoms with van der Waals surface area (Å²) < 4.78 is 17.5. The Kier molecular flexibility index (Phi) is 3.45. The van der Waals surface area contributed by atoms with Crippen LogP contribution in [0.1, 0.15) is 18.4 Å². The fourth-order valence-corrected chi connectivity index (χ4v) is 1.63. The lowest BCUT2D eigenvalue weighted by molar-refractivity contribution is -0.125. The fourth-order valence-electron chi connectivity index (χ4n) is 1.63. The largest absolute Gasteiger partial charge is 0.446 e. The van der Waals surface area contributed by atoms with Gasteiger partial charge in [-0.05, 0) is 24.6 Å². The Morgan fingerprint density at radius 3 is 2.67 bits per heavy atom. The molecule has 0 saturated carbocycles. The lowest BCUT2D eigenvalue weighted by atomic mass is 10.0. The van der Waals surface area contributed by atoms with Crippen LogP contribution in [0.3, 0.4) is 0 Å².